The van der Waals surface area contributed by atoms with Gasteiger partial charge in [-0.25, -0.2) is 4.98 Å². The second-order valence-electron chi connectivity index (χ2n) is 5.91. The van der Waals surface area contributed by atoms with Crippen LogP contribution in [0.1, 0.15) is 32.5 Å². The van der Waals surface area contributed by atoms with Crippen molar-refractivity contribution >= 4 is 0 Å². The molecule has 2 aliphatic rings. The van der Waals surface area contributed by atoms with Crippen LogP contribution in [0, 0.1) is 5.92 Å². The maximum absolute atomic E-state index is 4.44. The third-order valence-corrected chi connectivity index (χ3v) is 4.48. The van der Waals surface area contributed by atoms with Crippen molar-refractivity contribution in [2.24, 2.45) is 5.92 Å². The SMILES string of the molecule is CC(CNC1CC1)C(C)N1CCn2ccnc2C1. The highest BCUT2D eigenvalue weighted by Crippen LogP contribution is 2.21. The molecule has 4 heteroatoms. The molecule has 0 saturated heterocycles. The maximum atomic E-state index is 4.44. The van der Waals surface area contributed by atoms with E-state index in [1.165, 1.54) is 18.7 Å². The summed E-state index contributed by atoms with van der Waals surface area (Å²) in [4.78, 5) is 7.01. The molecule has 0 amide bonds. The second kappa shape index (κ2) is 5.02. The van der Waals surface area contributed by atoms with Gasteiger partial charge in [0.25, 0.3) is 0 Å². The van der Waals surface area contributed by atoms with Gasteiger partial charge in [0.2, 0.25) is 0 Å². The number of fused-ring (bicyclic) bond motifs is 1. The van der Waals surface area contributed by atoms with Crippen LogP contribution in [0.2, 0.25) is 0 Å². The van der Waals surface area contributed by atoms with Gasteiger partial charge in [0.05, 0.1) is 6.54 Å². The minimum absolute atomic E-state index is 0.627. The van der Waals surface area contributed by atoms with E-state index in [4.69, 9.17) is 0 Å². The summed E-state index contributed by atoms with van der Waals surface area (Å²) in [6, 6.07) is 1.45. The van der Waals surface area contributed by atoms with Crippen molar-refractivity contribution in [1.29, 1.82) is 0 Å². The first-order chi connectivity index (χ1) is 8.74. The Morgan fingerprint density at radius 2 is 2.22 bits per heavy atom. The lowest BCUT2D eigenvalue weighted by Crippen LogP contribution is -2.45. The fourth-order valence-corrected chi connectivity index (χ4v) is 2.71. The van der Waals surface area contributed by atoms with Crippen molar-refractivity contribution < 1.29 is 0 Å². The van der Waals surface area contributed by atoms with Crippen LogP contribution in [-0.2, 0) is 13.1 Å². The van der Waals surface area contributed by atoms with Crippen LogP contribution in [0.3, 0.4) is 0 Å². The van der Waals surface area contributed by atoms with Crippen LogP contribution >= 0.6 is 0 Å². The fourth-order valence-electron chi connectivity index (χ4n) is 2.71. The van der Waals surface area contributed by atoms with Gasteiger partial charge in [0.15, 0.2) is 0 Å². The molecule has 0 bridgehead atoms. The average molecular weight is 248 g/mol. The minimum atomic E-state index is 0.627. The highest BCUT2D eigenvalue weighted by atomic mass is 15.3. The third-order valence-electron chi connectivity index (χ3n) is 4.48. The highest BCUT2D eigenvalue weighted by molar-refractivity contribution is 4.97. The van der Waals surface area contributed by atoms with Gasteiger partial charge in [0, 0.05) is 37.6 Å². The summed E-state index contributed by atoms with van der Waals surface area (Å²) in [6.45, 7) is 9.11. The maximum Gasteiger partial charge on any atom is 0.122 e. The zero-order valence-electron chi connectivity index (χ0n) is 11.5. The standard InChI is InChI=1S/C14H24N4/c1-11(9-16-13-3-4-13)12(2)18-8-7-17-6-5-15-14(17)10-18/h5-6,11-13,16H,3-4,7-10H2,1-2H3. The molecular weight excluding hydrogens is 224 g/mol. The Kier molecular flexibility index (Phi) is 3.39. The van der Waals surface area contributed by atoms with E-state index in [9.17, 15) is 0 Å². The summed E-state index contributed by atoms with van der Waals surface area (Å²) in [6.07, 6.45) is 6.77. The molecule has 4 nitrogen and oxygen atoms in total. The van der Waals surface area contributed by atoms with Gasteiger partial charge in [-0.1, -0.05) is 6.92 Å². The molecule has 2 atom stereocenters. The van der Waals surface area contributed by atoms with Crippen molar-refractivity contribution in [3.05, 3.63) is 18.2 Å². The first kappa shape index (κ1) is 12.2. The molecule has 1 saturated carbocycles. The van der Waals surface area contributed by atoms with Crippen LogP contribution in [0.15, 0.2) is 12.4 Å². The number of aromatic nitrogens is 2. The van der Waals surface area contributed by atoms with Crippen LogP contribution in [0.4, 0.5) is 0 Å². The Labute approximate surface area is 109 Å². The topological polar surface area (TPSA) is 33.1 Å². The summed E-state index contributed by atoms with van der Waals surface area (Å²) in [5.74, 6) is 1.92. The summed E-state index contributed by atoms with van der Waals surface area (Å²) in [5, 5.41) is 3.64. The first-order valence-corrected chi connectivity index (χ1v) is 7.21. The van der Waals surface area contributed by atoms with Gasteiger partial charge in [-0.3, -0.25) is 4.90 Å². The molecule has 2 unspecified atom stereocenters. The van der Waals surface area contributed by atoms with Crippen molar-refractivity contribution in [1.82, 2.24) is 19.8 Å². The monoisotopic (exact) mass is 248 g/mol. The lowest BCUT2D eigenvalue weighted by Gasteiger charge is -2.36. The Morgan fingerprint density at radius 3 is 3.00 bits per heavy atom. The molecule has 1 aromatic heterocycles. The van der Waals surface area contributed by atoms with E-state index < -0.39 is 0 Å². The quantitative estimate of drug-likeness (QED) is 0.857. The van der Waals surface area contributed by atoms with Gasteiger partial charge in [-0.15, -0.1) is 0 Å². The largest absolute Gasteiger partial charge is 0.333 e. The van der Waals surface area contributed by atoms with Crippen LogP contribution in [-0.4, -0.2) is 39.6 Å². The summed E-state index contributed by atoms with van der Waals surface area (Å²) in [5.41, 5.74) is 0. The van der Waals surface area contributed by atoms with E-state index in [2.05, 4.69) is 39.8 Å². The molecule has 1 fully saturated rings. The Balaban J connectivity index is 1.54. The summed E-state index contributed by atoms with van der Waals surface area (Å²) >= 11 is 0. The molecule has 100 valence electrons. The Bertz CT molecular complexity index is 396. The van der Waals surface area contributed by atoms with E-state index in [0.717, 1.165) is 32.2 Å². The van der Waals surface area contributed by atoms with Crippen molar-refractivity contribution in [2.75, 3.05) is 13.1 Å². The van der Waals surface area contributed by atoms with Crippen LogP contribution < -0.4 is 5.32 Å². The highest BCUT2D eigenvalue weighted by Gasteiger charge is 2.26. The van der Waals surface area contributed by atoms with Crippen LogP contribution in [0.25, 0.3) is 0 Å². The van der Waals surface area contributed by atoms with Crippen molar-refractivity contribution in [3.8, 4) is 0 Å². The number of nitrogens with zero attached hydrogens (tertiary/aromatic N) is 3. The molecule has 0 radical (unpaired) electrons. The van der Waals surface area contributed by atoms with Crippen LogP contribution in [0.5, 0.6) is 0 Å². The lowest BCUT2D eigenvalue weighted by molar-refractivity contribution is 0.123. The van der Waals surface area contributed by atoms with Gasteiger partial charge in [-0.05, 0) is 32.2 Å². The van der Waals surface area contributed by atoms with Crippen molar-refractivity contribution in [2.45, 2.75) is 51.9 Å². The van der Waals surface area contributed by atoms with E-state index in [-0.39, 0.29) is 0 Å². The fraction of sp³-hybridized carbons (Fsp3) is 0.786. The second-order valence-corrected chi connectivity index (χ2v) is 5.91. The van der Waals surface area contributed by atoms with Gasteiger partial charge < -0.3 is 9.88 Å². The predicted octanol–water partition coefficient (Wildman–Crippen LogP) is 1.48. The molecule has 0 spiro atoms. The molecule has 2 heterocycles. The first-order valence-electron chi connectivity index (χ1n) is 7.21. The van der Waals surface area contributed by atoms with Gasteiger partial charge in [0.1, 0.15) is 5.82 Å². The molecule has 0 aromatic carbocycles. The zero-order chi connectivity index (χ0) is 12.5. The van der Waals surface area contributed by atoms with Gasteiger partial charge in [-0.2, -0.15) is 0 Å². The number of hydrogen-bond donors (Lipinski definition) is 1. The number of hydrogen-bond acceptors (Lipinski definition) is 3. The molecular formula is C14H24N4. The van der Waals surface area contributed by atoms with E-state index >= 15 is 0 Å². The molecule has 18 heavy (non-hydrogen) atoms. The number of imidazole rings is 1. The third kappa shape index (κ3) is 2.59. The zero-order valence-corrected chi connectivity index (χ0v) is 11.5. The van der Waals surface area contributed by atoms with E-state index in [1.807, 2.05) is 6.20 Å². The smallest absolute Gasteiger partial charge is 0.122 e. The van der Waals surface area contributed by atoms with Gasteiger partial charge >= 0.3 is 0 Å². The average Bonchev–Trinajstić information content (AvgIpc) is 3.10. The molecule has 1 N–H and O–H groups in total. The molecule has 1 aromatic rings. The lowest BCUT2D eigenvalue weighted by atomic mass is 10.0. The molecule has 1 aliphatic carbocycles. The number of rotatable bonds is 5. The van der Waals surface area contributed by atoms with E-state index in [0.29, 0.717) is 12.0 Å². The Hall–Kier alpha value is -0.870. The number of nitrogens with one attached hydrogen (secondary N) is 1. The normalized spacial score (nSPS) is 23.7. The van der Waals surface area contributed by atoms with Crippen molar-refractivity contribution in [3.63, 3.8) is 0 Å². The predicted molar refractivity (Wildman–Crippen MR) is 72.3 cm³/mol. The summed E-state index contributed by atoms with van der Waals surface area (Å²) in [7, 11) is 0. The minimum Gasteiger partial charge on any atom is -0.333 e. The van der Waals surface area contributed by atoms with E-state index in [1.54, 1.807) is 0 Å². The summed E-state index contributed by atoms with van der Waals surface area (Å²) < 4.78 is 2.27. The Morgan fingerprint density at radius 1 is 1.39 bits per heavy atom. The molecule has 1 aliphatic heterocycles. The molecule has 3 rings (SSSR count).